The van der Waals surface area contributed by atoms with Crippen molar-refractivity contribution in [2.75, 3.05) is 12.4 Å². The molecule has 0 bridgehead atoms. The Labute approximate surface area is 159 Å². The van der Waals surface area contributed by atoms with Crippen LogP contribution in [0, 0.1) is 17.5 Å². The monoisotopic (exact) mass is 387 g/mol. The van der Waals surface area contributed by atoms with Gasteiger partial charge in [-0.2, -0.15) is 0 Å². The van der Waals surface area contributed by atoms with E-state index >= 15 is 0 Å². The summed E-state index contributed by atoms with van der Waals surface area (Å²) in [7, 11) is 1.57. The van der Waals surface area contributed by atoms with Gasteiger partial charge in [0.25, 0.3) is 5.91 Å². The number of nitrogens with one attached hydrogen (secondary N) is 2. The minimum Gasteiger partial charge on any atom is -0.497 e. The van der Waals surface area contributed by atoms with Crippen LogP contribution >= 0.6 is 0 Å². The van der Waals surface area contributed by atoms with Gasteiger partial charge in [0, 0.05) is 6.54 Å². The number of benzene rings is 2. The fourth-order valence-electron chi connectivity index (χ4n) is 2.40. The van der Waals surface area contributed by atoms with Gasteiger partial charge in [0.05, 0.1) is 24.7 Å². The summed E-state index contributed by atoms with van der Waals surface area (Å²) in [5, 5.41) is 5.32. The number of methoxy groups -OCH3 is 1. The van der Waals surface area contributed by atoms with Gasteiger partial charge in [-0.3, -0.25) is 4.79 Å². The van der Waals surface area contributed by atoms with E-state index in [1.54, 1.807) is 19.2 Å². The lowest BCUT2D eigenvalue weighted by Crippen LogP contribution is -2.23. The molecule has 1 heterocycles. The summed E-state index contributed by atoms with van der Waals surface area (Å²) in [6.07, 6.45) is 1.29. The molecular formula is C20H16F3N3O2. The first kappa shape index (κ1) is 19.2. The predicted molar refractivity (Wildman–Crippen MR) is 98.0 cm³/mol. The van der Waals surface area contributed by atoms with Gasteiger partial charge in [0.1, 0.15) is 11.4 Å². The molecular weight excluding hydrogens is 371 g/mol. The van der Waals surface area contributed by atoms with Crippen molar-refractivity contribution in [3.8, 4) is 5.75 Å². The first-order valence-electron chi connectivity index (χ1n) is 8.25. The number of aromatic nitrogens is 1. The molecule has 3 aromatic rings. The second kappa shape index (κ2) is 8.43. The molecule has 0 aliphatic carbocycles. The van der Waals surface area contributed by atoms with Crippen LogP contribution in [0.2, 0.25) is 0 Å². The Morgan fingerprint density at radius 1 is 1.00 bits per heavy atom. The van der Waals surface area contributed by atoms with E-state index in [0.29, 0.717) is 12.2 Å². The minimum atomic E-state index is -1.56. The molecule has 0 radical (unpaired) electrons. The van der Waals surface area contributed by atoms with Gasteiger partial charge in [-0.25, -0.2) is 18.2 Å². The molecule has 2 aromatic carbocycles. The number of ether oxygens (including phenoxy) is 1. The van der Waals surface area contributed by atoms with Crippen molar-refractivity contribution in [2.45, 2.75) is 6.54 Å². The maximum atomic E-state index is 13.7. The zero-order valence-corrected chi connectivity index (χ0v) is 14.8. The highest BCUT2D eigenvalue weighted by atomic mass is 19.2. The third kappa shape index (κ3) is 4.40. The number of anilines is 2. The molecule has 0 spiro atoms. The van der Waals surface area contributed by atoms with Crippen LogP contribution in [0.1, 0.15) is 16.1 Å². The van der Waals surface area contributed by atoms with E-state index in [9.17, 15) is 18.0 Å². The molecule has 0 saturated carbocycles. The van der Waals surface area contributed by atoms with Gasteiger partial charge in [-0.1, -0.05) is 12.1 Å². The number of carbonyl (C=O) groups is 1. The van der Waals surface area contributed by atoms with E-state index in [4.69, 9.17) is 4.74 Å². The Kier molecular flexibility index (Phi) is 5.78. The van der Waals surface area contributed by atoms with E-state index in [1.807, 2.05) is 12.1 Å². The summed E-state index contributed by atoms with van der Waals surface area (Å²) in [6.45, 7) is 0.310. The Morgan fingerprint density at radius 2 is 1.75 bits per heavy atom. The number of pyridine rings is 1. The summed E-state index contributed by atoms with van der Waals surface area (Å²) >= 11 is 0. The predicted octanol–water partition coefficient (Wildman–Crippen LogP) is 4.18. The molecule has 0 aliphatic rings. The minimum absolute atomic E-state index is 0.157. The molecule has 8 heteroatoms. The van der Waals surface area contributed by atoms with Crippen LogP contribution in [-0.2, 0) is 6.54 Å². The standard InChI is InChI=1S/C20H16F3N3O2/c1-28-14-5-2-12(3-6-14)10-25-20(27)17-8-4-13(11-24-17)26-16-9-7-15(21)18(22)19(16)23/h2-9,11,26H,10H2,1H3,(H,25,27). The van der Waals surface area contributed by atoms with Crippen LogP contribution < -0.4 is 15.4 Å². The van der Waals surface area contributed by atoms with Gasteiger partial charge in [-0.05, 0) is 42.0 Å². The Hall–Kier alpha value is -3.55. The Balaban J connectivity index is 1.61. The molecule has 2 N–H and O–H groups in total. The summed E-state index contributed by atoms with van der Waals surface area (Å²) in [5.74, 6) is -3.84. The van der Waals surface area contributed by atoms with Crippen molar-refractivity contribution < 1.29 is 22.7 Å². The van der Waals surface area contributed by atoms with Crippen molar-refractivity contribution >= 4 is 17.3 Å². The normalized spacial score (nSPS) is 10.4. The van der Waals surface area contributed by atoms with Crippen molar-refractivity contribution in [3.05, 3.63) is 83.4 Å². The van der Waals surface area contributed by atoms with Crippen molar-refractivity contribution in [1.82, 2.24) is 10.3 Å². The Morgan fingerprint density at radius 3 is 2.39 bits per heavy atom. The van der Waals surface area contributed by atoms with Gasteiger partial charge in [0.2, 0.25) is 0 Å². The van der Waals surface area contributed by atoms with Crippen molar-refractivity contribution in [2.24, 2.45) is 0 Å². The summed E-state index contributed by atoms with van der Waals surface area (Å²) < 4.78 is 45.0. The lowest BCUT2D eigenvalue weighted by Gasteiger charge is -2.09. The highest BCUT2D eigenvalue weighted by molar-refractivity contribution is 5.92. The van der Waals surface area contributed by atoms with Crippen molar-refractivity contribution in [1.29, 1.82) is 0 Å². The van der Waals surface area contributed by atoms with E-state index in [2.05, 4.69) is 15.6 Å². The number of amides is 1. The molecule has 28 heavy (non-hydrogen) atoms. The lowest BCUT2D eigenvalue weighted by molar-refractivity contribution is 0.0946. The van der Waals surface area contributed by atoms with Gasteiger partial charge in [-0.15, -0.1) is 0 Å². The second-order valence-electron chi connectivity index (χ2n) is 5.81. The average Bonchev–Trinajstić information content (AvgIpc) is 2.73. The largest absolute Gasteiger partial charge is 0.497 e. The lowest BCUT2D eigenvalue weighted by atomic mass is 10.2. The highest BCUT2D eigenvalue weighted by Gasteiger charge is 2.14. The Bertz CT molecular complexity index is 977. The van der Waals surface area contributed by atoms with Crippen LogP contribution in [0.3, 0.4) is 0 Å². The van der Waals surface area contributed by atoms with Crippen LogP contribution in [0.5, 0.6) is 5.75 Å². The number of rotatable bonds is 6. The quantitative estimate of drug-likeness (QED) is 0.623. The molecule has 5 nitrogen and oxygen atoms in total. The summed E-state index contributed by atoms with van der Waals surface area (Å²) in [4.78, 5) is 16.2. The summed E-state index contributed by atoms with van der Waals surface area (Å²) in [5.41, 5.74) is 1.13. The first-order valence-corrected chi connectivity index (χ1v) is 8.25. The van der Waals surface area contributed by atoms with Crippen molar-refractivity contribution in [3.63, 3.8) is 0 Å². The van der Waals surface area contributed by atoms with Crippen LogP contribution in [-0.4, -0.2) is 18.0 Å². The smallest absolute Gasteiger partial charge is 0.270 e. The maximum Gasteiger partial charge on any atom is 0.270 e. The van der Waals surface area contributed by atoms with Crippen LogP contribution in [0.25, 0.3) is 0 Å². The molecule has 0 unspecified atom stereocenters. The number of carbonyl (C=O) groups excluding carboxylic acids is 1. The van der Waals surface area contributed by atoms with E-state index in [0.717, 1.165) is 23.4 Å². The number of nitrogens with zero attached hydrogens (tertiary/aromatic N) is 1. The van der Waals surface area contributed by atoms with E-state index < -0.39 is 17.5 Å². The maximum absolute atomic E-state index is 13.7. The fraction of sp³-hybridized carbons (Fsp3) is 0.100. The zero-order chi connectivity index (χ0) is 20.1. The molecule has 3 rings (SSSR count). The molecule has 144 valence electrons. The highest BCUT2D eigenvalue weighted by Crippen LogP contribution is 2.23. The van der Waals surface area contributed by atoms with Gasteiger partial charge in [0.15, 0.2) is 17.5 Å². The third-order valence-electron chi connectivity index (χ3n) is 3.92. The molecule has 1 aromatic heterocycles. The molecule has 0 fully saturated rings. The number of hydrogen-bond donors (Lipinski definition) is 2. The summed E-state index contributed by atoms with van der Waals surface area (Å²) in [6, 6.07) is 12.0. The first-order chi connectivity index (χ1) is 13.5. The second-order valence-corrected chi connectivity index (χ2v) is 5.81. The average molecular weight is 387 g/mol. The fourth-order valence-corrected chi connectivity index (χ4v) is 2.40. The molecule has 1 amide bonds. The van der Waals surface area contributed by atoms with E-state index in [1.165, 1.54) is 18.3 Å². The molecule has 0 aliphatic heterocycles. The number of hydrogen-bond acceptors (Lipinski definition) is 4. The SMILES string of the molecule is COc1ccc(CNC(=O)c2ccc(Nc3ccc(F)c(F)c3F)cn2)cc1. The van der Waals surface area contributed by atoms with Gasteiger partial charge < -0.3 is 15.4 Å². The topological polar surface area (TPSA) is 63.2 Å². The van der Waals surface area contributed by atoms with Crippen LogP contribution in [0.4, 0.5) is 24.5 Å². The molecule has 0 atom stereocenters. The number of halogens is 3. The van der Waals surface area contributed by atoms with E-state index in [-0.39, 0.29) is 17.3 Å². The third-order valence-corrected chi connectivity index (χ3v) is 3.92. The van der Waals surface area contributed by atoms with Crippen LogP contribution in [0.15, 0.2) is 54.7 Å². The van der Waals surface area contributed by atoms with Gasteiger partial charge >= 0.3 is 0 Å². The molecule has 0 saturated heterocycles. The zero-order valence-electron chi connectivity index (χ0n) is 14.8.